The fourth-order valence-electron chi connectivity index (χ4n) is 1.92. The number of hydrogen-bond acceptors (Lipinski definition) is 3. The van der Waals surface area contributed by atoms with Crippen LogP contribution in [0.15, 0.2) is 23.0 Å². The summed E-state index contributed by atoms with van der Waals surface area (Å²) in [4.78, 5) is 23.0. The molecule has 18 heavy (non-hydrogen) atoms. The van der Waals surface area contributed by atoms with Crippen LogP contribution in [0.4, 0.5) is 0 Å². The van der Waals surface area contributed by atoms with E-state index < -0.39 is 22.8 Å². The third-order valence-electron chi connectivity index (χ3n) is 2.73. The van der Waals surface area contributed by atoms with E-state index in [4.69, 9.17) is 16.7 Å². The zero-order chi connectivity index (χ0) is 13.4. The van der Waals surface area contributed by atoms with Crippen LogP contribution < -0.4 is 5.56 Å². The van der Waals surface area contributed by atoms with Gasteiger partial charge in [0.2, 0.25) is 0 Å². The van der Waals surface area contributed by atoms with Crippen LogP contribution in [-0.2, 0) is 6.54 Å². The minimum atomic E-state index is -1.46. The van der Waals surface area contributed by atoms with E-state index in [1.54, 1.807) is 19.1 Å². The number of carbonyl (C=O) groups is 1. The summed E-state index contributed by atoms with van der Waals surface area (Å²) < 4.78 is 1.29. The molecule has 1 aromatic carbocycles. The molecule has 0 bridgehead atoms. The minimum absolute atomic E-state index is 0.251. The van der Waals surface area contributed by atoms with Crippen LogP contribution in [0.5, 0.6) is 5.75 Å². The average Bonchev–Trinajstić information content (AvgIpc) is 2.30. The fourth-order valence-corrected chi connectivity index (χ4v) is 2.09. The normalized spacial score (nSPS) is 10.8. The quantitative estimate of drug-likeness (QED) is 0.873. The Balaban J connectivity index is 3.06. The summed E-state index contributed by atoms with van der Waals surface area (Å²) in [6.45, 7) is 2.02. The predicted octanol–water partition coefficient (Wildman–Crippen LogP) is 2.08. The fraction of sp³-hybridized carbons (Fsp3) is 0.167. The summed E-state index contributed by atoms with van der Waals surface area (Å²) in [5.74, 6) is -2.00. The van der Waals surface area contributed by atoms with E-state index in [0.29, 0.717) is 17.1 Å². The van der Waals surface area contributed by atoms with Gasteiger partial charge >= 0.3 is 5.97 Å². The molecule has 0 saturated carbocycles. The first-order valence-corrected chi connectivity index (χ1v) is 5.63. The lowest BCUT2D eigenvalue weighted by molar-refractivity contribution is 0.0691. The van der Waals surface area contributed by atoms with Crippen molar-refractivity contribution in [2.45, 2.75) is 13.5 Å². The molecule has 5 nitrogen and oxygen atoms in total. The molecular formula is C12H10ClNO4. The highest BCUT2D eigenvalue weighted by Gasteiger charge is 2.21. The molecule has 2 rings (SSSR count). The maximum atomic E-state index is 12.0. The molecule has 94 valence electrons. The second-order valence-corrected chi connectivity index (χ2v) is 4.18. The number of aryl methyl sites for hydroxylation is 1. The molecule has 2 aromatic rings. The summed E-state index contributed by atoms with van der Waals surface area (Å²) in [5, 5.41) is 19.5. The smallest absolute Gasteiger partial charge is 0.345 e. The van der Waals surface area contributed by atoms with Crippen molar-refractivity contribution in [3.8, 4) is 5.75 Å². The lowest BCUT2D eigenvalue weighted by Gasteiger charge is -2.11. The van der Waals surface area contributed by atoms with E-state index >= 15 is 0 Å². The third kappa shape index (κ3) is 1.73. The number of aromatic hydroxyl groups is 1. The minimum Gasteiger partial charge on any atom is -0.506 e. The lowest BCUT2D eigenvalue weighted by atomic mass is 10.1. The molecule has 0 amide bonds. The van der Waals surface area contributed by atoms with Gasteiger partial charge < -0.3 is 14.8 Å². The van der Waals surface area contributed by atoms with Gasteiger partial charge in [0.15, 0.2) is 5.56 Å². The number of benzene rings is 1. The van der Waals surface area contributed by atoms with Crippen molar-refractivity contribution in [1.82, 2.24) is 4.57 Å². The van der Waals surface area contributed by atoms with Crippen LogP contribution in [0.25, 0.3) is 10.9 Å². The largest absolute Gasteiger partial charge is 0.506 e. The van der Waals surface area contributed by atoms with Gasteiger partial charge in [0.25, 0.3) is 5.56 Å². The number of nitrogens with zero attached hydrogens (tertiary/aromatic N) is 1. The number of halogens is 1. The van der Waals surface area contributed by atoms with E-state index in [0.717, 1.165) is 0 Å². The Labute approximate surface area is 107 Å². The third-order valence-corrected chi connectivity index (χ3v) is 2.97. The van der Waals surface area contributed by atoms with Crippen molar-refractivity contribution in [2.75, 3.05) is 0 Å². The Hall–Kier alpha value is -2.01. The van der Waals surface area contributed by atoms with Crippen molar-refractivity contribution in [3.05, 3.63) is 39.1 Å². The molecule has 0 fully saturated rings. The Morgan fingerprint density at radius 2 is 2.11 bits per heavy atom. The maximum Gasteiger partial charge on any atom is 0.345 e. The Bertz CT molecular complexity index is 705. The van der Waals surface area contributed by atoms with Crippen LogP contribution in [0.3, 0.4) is 0 Å². The van der Waals surface area contributed by atoms with Gasteiger partial charge in [-0.1, -0.05) is 11.6 Å². The summed E-state index contributed by atoms with van der Waals surface area (Å²) >= 11 is 5.81. The monoisotopic (exact) mass is 267 g/mol. The number of pyridine rings is 1. The SMILES string of the molecule is CCn1c(=O)c(C(=O)O)c(O)c2cc(Cl)ccc21. The number of rotatable bonds is 2. The average molecular weight is 268 g/mol. The molecule has 1 aromatic heterocycles. The highest BCUT2D eigenvalue weighted by molar-refractivity contribution is 6.31. The first-order chi connectivity index (χ1) is 8.47. The zero-order valence-corrected chi connectivity index (χ0v) is 10.2. The van der Waals surface area contributed by atoms with Crippen molar-refractivity contribution >= 4 is 28.5 Å². The standard InChI is InChI=1S/C12H10ClNO4/c1-2-14-8-4-3-6(13)5-7(8)10(15)9(11(14)16)12(17)18/h3-5,15H,2H2,1H3,(H,17,18). The van der Waals surface area contributed by atoms with Crippen LogP contribution >= 0.6 is 11.6 Å². The molecule has 1 heterocycles. The Morgan fingerprint density at radius 3 is 2.67 bits per heavy atom. The van der Waals surface area contributed by atoms with Gasteiger partial charge in [-0.15, -0.1) is 0 Å². The predicted molar refractivity (Wildman–Crippen MR) is 67.5 cm³/mol. The molecular weight excluding hydrogens is 258 g/mol. The molecule has 0 saturated heterocycles. The molecule has 0 radical (unpaired) electrons. The number of carboxylic acids is 1. The second kappa shape index (κ2) is 4.34. The molecule has 0 spiro atoms. The molecule has 0 unspecified atom stereocenters. The summed E-state index contributed by atoms with van der Waals surface area (Å²) in [6.07, 6.45) is 0. The zero-order valence-electron chi connectivity index (χ0n) is 9.48. The number of fused-ring (bicyclic) bond motifs is 1. The van der Waals surface area contributed by atoms with Crippen LogP contribution in [0.2, 0.25) is 5.02 Å². The van der Waals surface area contributed by atoms with Crippen molar-refractivity contribution in [2.24, 2.45) is 0 Å². The first kappa shape index (κ1) is 12.4. The van der Waals surface area contributed by atoms with E-state index in [9.17, 15) is 14.7 Å². The molecule has 6 heteroatoms. The number of carboxylic acid groups (broad SMARTS) is 1. The second-order valence-electron chi connectivity index (χ2n) is 3.74. The highest BCUT2D eigenvalue weighted by Crippen LogP contribution is 2.28. The van der Waals surface area contributed by atoms with Gasteiger partial charge in [-0.3, -0.25) is 4.79 Å². The Kier molecular flexibility index (Phi) is 3.00. The van der Waals surface area contributed by atoms with Gasteiger partial charge in [-0.25, -0.2) is 4.79 Å². The lowest BCUT2D eigenvalue weighted by Crippen LogP contribution is -2.26. The van der Waals surface area contributed by atoms with Gasteiger partial charge in [0.1, 0.15) is 5.75 Å². The summed E-state index contributed by atoms with van der Waals surface area (Å²) in [6, 6.07) is 4.59. The first-order valence-electron chi connectivity index (χ1n) is 5.25. The number of aromatic carboxylic acids is 1. The Morgan fingerprint density at radius 1 is 1.44 bits per heavy atom. The van der Waals surface area contributed by atoms with E-state index in [1.807, 2.05) is 0 Å². The molecule has 2 N–H and O–H groups in total. The van der Waals surface area contributed by atoms with Gasteiger partial charge in [0.05, 0.1) is 5.52 Å². The molecule has 0 aliphatic heterocycles. The van der Waals surface area contributed by atoms with Gasteiger partial charge in [-0.2, -0.15) is 0 Å². The van der Waals surface area contributed by atoms with E-state index in [2.05, 4.69) is 0 Å². The van der Waals surface area contributed by atoms with E-state index in [1.165, 1.54) is 10.6 Å². The summed E-state index contributed by atoms with van der Waals surface area (Å²) in [5.41, 5.74) is -0.904. The molecule has 0 aliphatic carbocycles. The topological polar surface area (TPSA) is 79.5 Å². The van der Waals surface area contributed by atoms with Crippen molar-refractivity contribution < 1.29 is 15.0 Å². The van der Waals surface area contributed by atoms with Crippen LogP contribution in [0, 0.1) is 0 Å². The maximum absolute atomic E-state index is 12.0. The van der Waals surface area contributed by atoms with Gasteiger partial charge in [-0.05, 0) is 25.1 Å². The highest BCUT2D eigenvalue weighted by atomic mass is 35.5. The van der Waals surface area contributed by atoms with E-state index in [-0.39, 0.29) is 5.39 Å². The van der Waals surface area contributed by atoms with Crippen molar-refractivity contribution in [3.63, 3.8) is 0 Å². The number of hydrogen-bond donors (Lipinski definition) is 2. The summed E-state index contributed by atoms with van der Waals surface area (Å²) in [7, 11) is 0. The van der Waals surface area contributed by atoms with Crippen LogP contribution in [-0.4, -0.2) is 20.7 Å². The van der Waals surface area contributed by atoms with Crippen LogP contribution in [0.1, 0.15) is 17.3 Å². The number of aromatic nitrogens is 1. The van der Waals surface area contributed by atoms with Crippen molar-refractivity contribution in [1.29, 1.82) is 0 Å². The molecule has 0 aliphatic rings. The van der Waals surface area contributed by atoms with Gasteiger partial charge in [0, 0.05) is 17.0 Å². The molecule has 0 atom stereocenters.